The van der Waals surface area contributed by atoms with Crippen molar-refractivity contribution in [3.8, 4) is 0 Å². The van der Waals surface area contributed by atoms with Gasteiger partial charge in [0.15, 0.2) is 17.3 Å². The maximum atomic E-state index is 12.6. The summed E-state index contributed by atoms with van der Waals surface area (Å²) < 4.78 is 4.94. The third-order valence-electron chi connectivity index (χ3n) is 3.42. The smallest absolute Gasteiger partial charge is 0.181 e. The lowest BCUT2D eigenvalue weighted by Gasteiger charge is -2.19. The van der Waals surface area contributed by atoms with Crippen LogP contribution in [0.15, 0.2) is 18.2 Å². The molecule has 4 nitrogen and oxygen atoms in total. The third-order valence-corrected chi connectivity index (χ3v) is 4.32. The highest BCUT2D eigenvalue weighted by molar-refractivity contribution is 7.93. The van der Waals surface area contributed by atoms with Gasteiger partial charge < -0.3 is 4.18 Å². The first-order valence-electron chi connectivity index (χ1n) is 6.58. The van der Waals surface area contributed by atoms with Crippen LogP contribution in [0.4, 0.5) is 0 Å². The molecule has 1 aromatic carbocycles. The van der Waals surface area contributed by atoms with Gasteiger partial charge in [-0.1, -0.05) is 11.6 Å². The maximum Gasteiger partial charge on any atom is 0.181 e. The molecular formula is C15H15ClO4S. The van der Waals surface area contributed by atoms with Crippen LogP contribution in [0.1, 0.15) is 35.2 Å². The summed E-state index contributed by atoms with van der Waals surface area (Å²) in [5.41, 5.74) is 1.04. The first-order valence-corrected chi connectivity index (χ1v) is 7.87. The number of carbonyl (C=O) groups excluding carboxylic acids is 3. The fraction of sp³-hybridized carbons (Fsp3) is 0.400. The predicted molar refractivity (Wildman–Crippen MR) is 81.4 cm³/mol. The molecule has 1 fully saturated rings. The molecule has 1 aliphatic rings. The number of Topliss-reactive ketones (excluding diaryl/α,β-unsaturated/α-hetero) is 3. The Morgan fingerprint density at radius 2 is 2.00 bits per heavy atom. The van der Waals surface area contributed by atoms with E-state index in [1.807, 2.05) is 0 Å². The predicted octanol–water partition coefficient (Wildman–Crippen LogP) is 3.26. The molecule has 2 rings (SSSR count). The van der Waals surface area contributed by atoms with Crippen molar-refractivity contribution in [3.05, 3.63) is 34.3 Å². The van der Waals surface area contributed by atoms with Crippen LogP contribution < -0.4 is 0 Å². The minimum atomic E-state index is -1.15. The second-order valence-electron chi connectivity index (χ2n) is 4.81. The van der Waals surface area contributed by atoms with Crippen molar-refractivity contribution in [1.82, 2.24) is 0 Å². The van der Waals surface area contributed by atoms with Crippen molar-refractivity contribution >= 4 is 41.0 Å². The van der Waals surface area contributed by atoms with Gasteiger partial charge in [-0.05, 0) is 42.2 Å². The molecule has 0 amide bonds. The van der Waals surface area contributed by atoms with Gasteiger partial charge in [-0.15, -0.1) is 0 Å². The van der Waals surface area contributed by atoms with Gasteiger partial charge in [0.1, 0.15) is 5.92 Å². The molecule has 0 atom stereocenters. The van der Waals surface area contributed by atoms with Crippen LogP contribution in [0.5, 0.6) is 0 Å². The number of hydrogen-bond donors (Lipinski definition) is 0. The number of hydrogen-bond acceptors (Lipinski definition) is 5. The van der Waals surface area contributed by atoms with Gasteiger partial charge in [0.05, 0.1) is 7.11 Å². The first-order chi connectivity index (χ1) is 10.0. The van der Waals surface area contributed by atoms with Gasteiger partial charge in [-0.25, -0.2) is 0 Å². The fourth-order valence-corrected chi connectivity index (χ4v) is 3.08. The lowest BCUT2D eigenvalue weighted by molar-refractivity contribution is -0.133. The highest BCUT2D eigenvalue weighted by Crippen LogP contribution is 2.27. The Balaban J connectivity index is 2.33. The molecule has 0 bridgehead atoms. The van der Waals surface area contributed by atoms with Crippen molar-refractivity contribution < 1.29 is 18.6 Å². The molecule has 0 unspecified atom stereocenters. The molecule has 1 aromatic rings. The Morgan fingerprint density at radius 3 is 2.62 bits per heavy atom. The second-order valence-corrected chi connectivity index (χ2v) is 6.11. The molecule has 1 saturated carbocycles. The van der Waals surface area contributed by atoms with E-state index in [0.717, 1.165) is 0 Å². The Hall–Kier alpha value is -1.17. The summed E-state index contributed by atoms with van der Waals surface area (Å²) in [7, 11) is 1.53. The summed E-state index contributed by atoms with van der Waals surface area (Å²) in [6.45, 7) is 0. The first kappa shape index (κ1) is 16.2. The van der Waals surface area contributed by atoms with Crippen LogP contribution >= 0.6 is 23.6 Å². The van der Waals surface area contributed by atoms with Gasteiger partial charge in [-0.2, -0.15) is 0 Å². The number of halogens is 1. The Kier molecular flexibility index (Phi) is 5.56. The van der Waals surface area contributed by atoms with Gasteiger partial charge in [0.2, 0.25) is 0 Å². The van der Waals surface area contributed by atoms with Crippen LogP contribution in [0.25, 0.3) is 0 Å². The monoisotopic (exact) mass is 326 g/mol. The number of benzene rings is 1. The molecule has 0 saturated heterocycles. The zero-order valence-corrected chi connectivity index (χ0v) is 13.1. The van der Waals surface area contributed by atoms with E-state index in [9.17, 15) is 14.4 Å². The number of ketones is 3. The summed E-state index contributed by atoms with van der Waals surface area (Å²) in [6, 6.07) is 4.83. The molecular weight excluding hydrogens is 312 g/mol. The highest BCUT2D eigenvalue weighted by atomic mass is 35.5. The number of carbonyl (C=O) groups is 3. The largest absolute Gasteiger partial charge is 0.318 e. The zero-order chi connectivity index (χ0) is 15.4. The normalized spacial score (nSPS) is 16.3. The van der Waals surface area contributed by atoms with Crippen molar-refractivity contribution in [2.24, 2.45) is 5.92 Å². The van der Waals surface area contributed by atoms with E-state index in [-0.39, 0.29) is 24.4 Å². The van der Waals surface area contributed by atoms with E-state index in [2.05, 4.69) is 0 Å². The molecule has 0 aromatic heterocycles. The topological polar surface area (TPSA) is 60.4 Å². The zero-order valence-electron chi connectivity index (χ0n) is 11.6. The molecule has 0 aliphatic heterocycles. The summed E-state index contributed by atoms with van der Waals surface area (Å²) in [5, 5.41) is 0.500. The summed E-state index contributed by atoms with van der Waals surface area (Å²) in [6.07, 6.45) is 1.12. The minimum Gasteiger partial charge on any atom is -0.318 e. The van der Waals surface area contributed by atoms with Crippen molar-refractivity contribution in [1.29, 1.82) is 0 Å². The average Bonchev–Trinajstić information content (AvgIpc) is 2.44. The lowest BCUT2D eigenvalue weighted by atomic mass is 9.81. The van der Waals surface area contributed by atoms with E-state index < -0.39 is 11.7 Å². The van der Waals surface area contributed by atoms with Gasteiger partial charge >= 0.3 is 0 Å². The third kappa shape index (κ3) is 3.73. The molecule has 21 heavy (non-hydrogen) atoms. The van der Waals surface area contributed by atoms with Crippen LogP contribution in [0.2, 0.25) is 5.02 Å². The van der Waals surface area contributed by atoms with Crippen LogP contribution in [0.3, 0.4) is 0 Å². The molecule has 1 aliphatic carbocycles. The van der Waals surface area contributed by atoms with Crippen LogP contribution in [0, 0.1) is 5.92 Å². The lowest BCUT2D eigenvalue weighted by Crippen LogP contribution is -2.35. The summed E-state index contributed by atoms with van der Waals surface area (Å²) in [4.78, 5) is 36.4. The molecule has 0 heterocycles. The van der Waals surface area contributed by atoms with E-state index in [0.29, 0.717) is 28.3 Å². The molecule has 6 heteroatoms. The maximum absolute atomic E-state index is 12.6. The van der Waals surface area contributed by atoms with Crippen molar-refractivity contribution in [3.63, 3.8) is 0 Å². The van der Waals surface area contributed by atoms with E-state index >= 15 is 0 Å². The van der Waals surface area contributed by atoms with Gasteiger partial charge in [0, 0.05) is 29.2 Å². The average molecular weight is 327 g/mol. The number of rotatable bonds is 5. The standard InChI is InChI=1S/C15H15ClO4S/c1-20-21-8-9-7-10(16)5-6-11(9)15(19)14-12(17)3-2-4-13(14)18/h5-7,14H,2-4,8H2,1H3. The van der Waals surface area contributed by atoms with Gasteiger partial charge in [-0.3, -0.25) is 14.4 Å². The van der Waals surface area contributed by atoms with E-state index in [4.69, 9.17) is 15.8 Å². The molecule has 112 valence electrons. The fourth-order valence-electron chi connectivity index (χ4n) is 2.40. The van der Waals surface area contributed by atoms with Crippen LogP contribution in [-0.2, 0) is 19.5 Å². The highest BCUT2D eigenvalue weighted by Gasteiger charge is 2.37. The van der Waals surface area contributed by atoms with E-state index in [1.165, 1.54) is 19.2 Å². The second kappa shape index (κ2) is 7.20. The quantitative estimate of drug-likeness (QED) is 0.472. The Morgan fingerprint density at radius 1 is 1.33 bits per heavy atom. The Bertz CT molecular complexity index is 569. The van der Waals surface area contributed by atoms with Crippen LogP contribution in [-0.4, -0.2) is 24.5 Å². The molecule has 0 radical (unpaired) electrons. The molecule has 0 N–H and O–H groups in total. The molecule has 0 spiro atoms. The SMILES string of the molecule is COSCc1cc(Cl)ccc1C(=O)C1C(=O)CCCC1=O. The van der Waals surface area contributed by atoms with E-state index in [1.54, 1.807) is 18.2 Å². The minimum absolute atomic E-state index is 0.281. The van der Waals surface area contributed by atoms with Crippen molar-refractivity contribution in [2.75, 3.05) is 7.11 Å². The Labute approximate surface area is 132 Å². The summed E-state index contributed by atoms with van der Waals surface area (Å²) >= 11 is 7.12. The van der Waals surface area contributed by atoms with Gasteiger partial charge in [0.25, 0.3) is 0 Å². The van der Waals surface area contributed by atoms with Crippen molar-refractivity contribution in [2.45, 2.75) is 25.0 Å². The summed E-state index contributed by atoms with van der Waals surface area (Å²) in [5.74, 6) is -1.71.